The molecule has 1 aromatic carbocycles. The summed E-state index contributed by atoms with van der Waals surface area (Å²) in [7, 11) is 1.97. The van der Waals surface area contributed by atoms with Gasteiger partial charge in [0, 0.05) is 15.9 Å². The highest BCUT2D eigenvalue weighted by Crippen LogP contribution is 2.32. The number of aryl methyl sites for hydroxylation is 1. The molecule has 0 saturated heterocycles. The van der Waals surface area contributed by atoms with Gasteiger partial charge in [-0.25, -0.2) is 0 Å². The molecule has 0 aliphatic heterocycles. The van der Waals surface area contributed by atoms with Crippen molar-refractivity contribution >= 4 is 34.5 Å². The molecule has 1 nitrogen and oxygen atoms in total. The molecule has 0 amide bonds. The smallest absolute Gasteiger partial charge is 0.0960 e. The Morgan fingerprint density at radius 1 is 1.28 bits per heavy atom. The van der Waals surface area contributed by atoms with Crippen molar-refractivity contribution < 1.29 is 0 Å². The Labute approximate surface area is 122 Å². The fourth-order valence-corrected chi connectivity index (χ4v) is 3.44. The van der Waals surface area contributed by atoms with E-state index in [0.29, 0.717) is 0 Å². The standard InChI is InChI=1S/C14H15Cl2NS/c1-9-6-13(18-14(9)16)12(17-2)8-10-4-3-5-11(15)7-10/h3-7,12,17H,8H2,1-2H3. The van der Waals surface area contributed by atoms with Crippen LogP contribution in [0.3, 0.4) is 0 Å². The van der Waals surface area contributed by atoms with E-state index in [-0.39, 0.29) is 6.04 Å². The lowest BCUT2D eigenvalue weighted by molar-refractivity contribution is 0.602. The van der Waals surface area contributed by atoms with Crippen LogP contribution in [0.2, 0.25) is 9.36 Å². The Bertz CT molecular complexity index is 517. The minimum Gasteiger partial charge on any atom is -0.312 e. The lowest BCUT2D eigenvalue weighted by Gasteiger charge is -2.14. The normalized spacial score (nSPS) is 12.7. The number of nitrogens with one attached hydrogen (secondary N) is 1. The van der Waals surface area contributed by atoms with Gasteiger partial charge in [0.05, 0.1) is 4.34 Å². The fraction of sp³-hybridized carbons (Fsp3) is 0.286. The van der Waals surface area contributed by atoms with Crippen molar-refractivity contribution in [2.45, 2.75) is 19.4 Å². The molecule has 0 saturated carbocycles. The van der Waals surface area contributed by atoms with Gasteiger partial charge < -0.3 is 5.32 Å². The largest absolute Gasteiger partial charge is 0.312 e. The lowest BCUT2D eigenvalue weighted by atomic mass is 10.0. The van der Waals surface area contributed by atoms with Gasteiger partial charge in [-0.1, -0.05) is 35.3 Å². The first-order chi connectivity index (χ1) is 8.60. The van der Waals surface area contributed by atoms with E-state index in [4.69, 9.17) is 23.2 Å². The van der Waals surface area contributed by atoms with Crippen LogP contribution in [-0.4, -0.2) is 7.05 Å². The zero-order chi connectivity index (χ0) is 13.1. The molecule has 96 valence electrons. The van der Waals surface area contributed by atoms with Crippen LogP contribution in [-0.2, 0) is 6.42 Å². The molecule has 2 aromatic rings. The van der Waals surface area contributed by atoms with Crippen molar-refractivity contribution in [3.8, 4) is 0 Å². The highest BCUT2D eigenvalue weighted by atomic mass is 35.5. The molecule has 1 aromatic heterocycles. The number of hydrogen-bond acceptors (Lipinski definition) is 2. The average Bonchev–Trinajstić information content (AvgIpc) is 2.66. The van der Waals surface area contributed by atoms with Gasteiger partial charge in [0.2, 0.25) is 0 Å². The number of thiophene rings is 1. The summed E-state index contributed by atoms with van der Waals surface area (Å²) in [6.45, 7) is 2.04. The minimum absolute atomic E-state index is 0.277. The molecule has 1 N–H and O–H groups in total. The van der Waals surface area contributed by atoms with Crippen molar-refractivity contribution in [1.29, 1.82) is 0 Å². The van der Waals surface area contributed by atoms with Crippen molar-refractivity contribution in [2.75, 3.05) is 7.05 Å². The van der Waals surface area contributed by atoms with Gasteiger partial charge in [-0.3, -0.25) is 0 Å². The second-order valence-corrected chi connectivity index (χ2v) is 6.40. The van der Waals surface area contributed by atoms with E-state index in [1.165, 1.54) is 10.4 Å². The van der Waals surface area contributed by atoms with Crippen molar-refractivity contribution in [1.82, 2.24) is 5.32 Å². The second-order valence-electron chi connectivity index (χ2n) is 4.28. The monoisotopic (exact) mass is 299 g/mol. The van der Waals surface area contributed by atoms with E-state index in [1.54, 1.807) is 11.3 Å². The zero-order valence-electron chi connectivity index (χ0n) is 10.3. The maximum Gasteiger partial charge on any atom is 0.0960 e. The molecule has 2 rings (SSSR count). The maximum absolute atomic E-state index is 6.13. The van der Waals surface area contributed by atoms with E-state index in [0.717, 1.165) is 21.3 Å². The first kappa shape index (κ1) is 13.9. The van der Waals surface area contributed by atoms with Crippen LogP contribution in [0.25, 0.3) is 0 Å². The van der Waals surface area contributed by atoms with Crippen molar-refractivity contribution in [3.63, 3.8) is 0 Å². The Hall–Kier alpha value is -0.540. The molecule has 0 bridgehead atoms. The van der Waals surface area contributed by atoms with Crippen LogP contribution in [0.15, 0.2) is 30.3 Å². The number of benzene rings is 1. The molecule has 0 aliphatic rings. The quantitative estimate of drug-likeness (QED) is 0.849. The predicted molar refractivity (Wildman–Crippen MR) is 81.0 cm³/mol. The summed E-state index contributed by atoms with van der Waals surface area (Å²) in [5.74, 6) is 0. The first-order valence-corrected chi connectivity index (χ1v) is 7.35. The van der Waals surface area contributed by atoms with Gasteiger partial charge in [-0.2, -0.15) is 0 Å². The van der Waals surface area contributed by atoms with Crippen LogP contribution in [0.4, 0.5) is 0 Å². The molecular formula is C14H15Cl2NS. The predicted octanol–water partition coefficient (Wildman–Crippen LogP) is 4.87. The second kappa shape index (κ2) is 6.07. The third-order valence-electron chi connectivity index (χ3n) is 2.90. The van der Waals surface area contributed by atoms with Gasteiger partial charge in [-0.05, 0) is 49.7 Å². The molecule has 1 atom stereocenters. The SMILES string of the molecule is CNC(Cc1cccc(Cl)c1)c1cc(C)c(Cl)s1. The number of halogens is 2. The van der Waals surface area contributed by atoms with Crippen LogP contribution < -0.4 is 5.32 Å². The van der Waals surface area contributed by atoms with Crippen molar-refractivity contribution in [2.24, 2.45) is 0 Å². The summed E-state index contributed by atoms with van der Waals surface area (Å²) in [4.78, 5) is 1.26. The zero-order valence-corrected chi connectivity index (χ0v) is 12.7. The van der Waals surface area contributed by atoms with Gasteiger partial charge in [0.15, 0.2) is 0 Å². The maximum atomic E-state index is 6.13. The molecule has 0 aliphatic carbocycles. The van der Waals surface area contributed by atoms with Gasteiger partial charge >= 0.3 is 0 Å². The molecule has 4 heteroatoms. The molecule has 18 heavy (non-hydrogen) atoms. The third kappa shape index (κ3) is 3.27. The Morgan fingerprint density at radius 2 is 2.06 bits per heavy atom. The number of likely N-dealkylation sites (N-methyl/N-ethyl adjacent to an activating group) is 1. The molecule has 1 unspecified atom stereocenters. The van der Waals surface area contributed by atoms with E-state index < -0.39 is 0 Å². The number of rotatable bonds is 4. The van der Waals surface area contributed by atoms with Gasteiger partial charge in [-0.15, -0.1) is 11.3 Å². The Kier molecular flexibility index (Phi) is 4.68. The van der Waals surface area contributed by atoms with E-state index in [9.17, 15) is 0 Å². The Balaban J connectivity index is 2.19. The molecule has 1 heterocycles. The topological polar surface area (TPSA) is 12.0 Å². The van der Waals surface area contributed by atoms with E-state index in [2.05, 4.69) is 17.4 Å². The van der Waals surface area contributed by atoms with Gasteiger partial charge in [0.1, 0.15) is 0 Å². The third-order valence-corrected chi connectivity index (χ3v) is 4.80. The summed E-state index contributed by atoms with van der Waals surface area (Å²) in [5, 5.41) is 4.12. The van der Waals surface area contributed by atoms with Crippen LogP contribution in [0.5, 0.6) is 0 Å². The van der Waals surface area contributed by atoms with Crippen LogP contribution in [0.1, 0.15) is 22.0 Å². The van der Waals surface area contributed by atoms with Crippen LogP contribution >= 0.6 is 34.5 Å². The Morgan fingerprint density at radius 3 is 2.61 bits per heavy atom. The summed E-state index contributed by atoms with van der Waals surface area (Å²) in [6.07, 6.45) is 0.910. The fourth-order valence-electron chi connectivity index (χ4n) is 1.90. The van der Waals surface area contributed by atoms with E-state index in [1.807, 2.05) is 32.2 Å². The molecule has 0 radical (unpaired) electrons. The van der Waals surface area contributed by atoms with Crippen molar-refractivity contribution in [3.05, 3.63) is 55.7 Å². The number of hydrogen-bond donors (Lipinski definition) is 1. The van der Waals surface area contributed by atoms with Crippen LogP contribution in [0, 0.1) is 6.92 Å². The highest BCUT2D eigenvalue weighted by molar-refractivity contribution is 7.16. The first-order valence-electron chi connectivity index (χ1n) is 5.77. The van der Waals surface area contributed by atoms with E-state index >= 15 is 0 Å². The summed E-state index contributed by atoms with van der Waals surface area (Å²) < 4.78 is 0.872. The highest BCUT2D eigenvalue weighted by Gasteiger charge is 2.14. The molecular weight excluding hydrogens is 285 g/mol. The molecule has 0 spiro atoms. The summed E-state index contributed by atoms with van der Waals surface area (Å²) in [6, 6.07) is 10.4. The molecule has 0 fully saturated rings. The van der Waals surface area contributed by atoms with Gasteiger partial charge in [0.25, 0.3) is 0 Å². The summed E-state index contributed by atoms with van der Waals surface area (Å²) in [5.41, 5.74) is 2.37. The average molecular weight is 300 g/mol. The minimum atomic E-state index is 0.277. The summed E-state index contributed by atoms with van der Waals surface area (Å²) >= 11 is 13.8. The lowest BCUT2D eigenvalue weighted by Crippen LogP contribution is -2.17.